The molecule has 0 spiro atoms. The Morgan fingerprint density at radius 1 is 1.21 bits per heavy atom. The molecule has 0 saturated carbocycles. The average molecular weight is 588 g/mol. The molecule has 3 N–H and O–H groups in total. The molecule has 0 unspecified atom stereocenters. The molecule has 210 valence electrons. The van der Waals surface area contributed by atoms with Crippen molar-refractivity contribution < 1.29 is 23.1 Å². The molecule has 0 aromatic heterocycles. The molecule has 9 nitrogen and oxygen atoms in total. The van der Waals surface area contributed by atoms with E-state index >= 15 is 0 Å². The number of unbranched alkanes of at least 4 members (excludes halogenated alkanes) is 2. The van der Waals surface area contributed by atoms with E-state index in [-0.39, 0.29) is 35.3 Å². The van der Waals surface area contributed by atoms with Crippen LogP contribution < -0.4 is 14.9 Å². The molecule has 12 heteroatoms. The first-order valence-electron chi connectivity index (χ1n) is 12.4. The zero-order valence-corrected chi connectivity index (χ0v) is 23.8. The van der Waals surface area contributed by atoms with Gasteiger partial charge in [-0.25, -0.2) is 8.42 Å². The van der Waals surface area contributed by atoms with E-state index in [0.717, 1.165) is 31.5 Å². The molecule has 2 aromatic carbocycles. The molecule has 1 fully saturated rings. The highest BCUT2D eigenvalue weighted by Crippen LogP contribution is 2.32. The third kappa shape index (κ3) is 8.96. The Kier molecular flexibility index (Phi) is 12.5. The molecule has 0 bridgehead atoms. The first kappa shape index (κ1) is 31.5. The van der Waals surface area contributed by atoms with Crippen molar-refractivity contribution in [2.45, 2.75) is 50.3 Å². The summed E-state index contributed by atoms with van der Waals surface area (Å²) >= 11 is 6.27. The maximum atomic E-state index is 13.7. The molecular formula is C26H36Cl2N4O5S. The van der Waals surface area contributed by atoms with Crippen LogP contribution in [0, 0.1) is 12.8 Å². The van der Waals surface area contributed by atoms with Gasteiger partial charge >= 0.3 is 5.97 Å². The summed E-state index contributed by atoms with van der Waals surface area (Å²) in [5, 5.41) is 12.6. The van der Waals surface area contributed by atoms with Gasteiger partial charge in [0.25, 0.3) is 10.0 Å². The minimum atomic E-state index is -3.97. The first-order valence-corrected chi connectivity index (χ1v) is 14.2. The fourth-order valence-corrected chi connectivity index (χ4v) is 6.35. The summed E-state index contributed by atoms with van der Waals surface area (Å²) in [6, 6.07) is 11.8. The number of piperidine rings is 1. The number of aliphatic carboxylic acids is 1. The summed E-state index contributed by atoms with van der Waals surface area (Å²) in [7, 11) is -3.97. The van der Waals surface area contributed by atoms with E-state index < -0.39 is 16.0 Å². The molecule has 0 atom stereocenters. The maximum absolute atomic E-state index is 13.7. The summed E-state index contributed by atoms with van der Waals surface area (Å²) in [6.45, 7) is 4.34. The Morgan fingerprint density at radius 3 is 2.58 bits per heavy atom. The molecule has 3 rings (SSSR count). The van der Waals surface area contributed by atoms with Crippen molar-refractivity contribution in [2.75, 3.05) is 30.5 Å². The van der Waals surface area contributed by atoms with Gasteiger partial charge in [0.1, 0.15) is 17.0 Å². The number of hydrogen-bond donors (Lipinski definition) is 2. The lowest BCUT2D eigenvalue weighted by Crippen LogP contribution is -2.35. The number of nitrogens with two attached hydrogens (primary N) is 1. The Balaban J connectivity index is 0.00000507. The first-order chi connectivity index (χ1) is 17.7. The number of carboxylic acids is 1. The fourth-order valence-electron chi connectivity index (χ4n) is 4.37. The summed E-state index contributed by atoms with van der Waals surface area (Å²) < 4.78 is 34.9. The number of ether oxygens (including phenoxy) is 1. The number of sulfonamides is 1. The number of halogens is 2. The van der Waals surface area contributed by atoms with E-state index in [2.05, 4.69) is 10.0 Å². The largest absolute Gasteiger partial charge is 0.493 e. The van der Waals surface area contributed by atoms with Gasteiger partial charge in [-0.1, -0.05) is 30.2 Å². The monoisotopic (exact) mass is 586 g/mol. The Labute approximate surface area is 236 Å². The third-order valence-electron chi connectivity index (χ3n) is 6.34. The normalized spacial score (nSPS) is 14.3. The van der Waals surface area contributed by atoms with Crippen LogP contribution in [0.5, 0.6) is 5.75 Å². The van der Waals surface area contributed by atoms with Crippen LogP contribution in [-0.2, 0) is 14.8 Å². The van der Waals surface area contributed by atoms with E-state index in [1.807, 2.05) is 19.1 Å². The number of rotatable bonds is 13. The lowest BCUT2D eigenvalue weighted by molar-refractivity contribution is -0.137. The summed E-state index contributed by atoms with van der Waals surface area (Å²) in [6.07, 6.45) is 5.18. The average Bonchev–Trinajstić information content (AvgIpc) is 2.85. The molecule has 0 amide bonds. The number of carboxylic acid groups (broad SMARTS) is 1. The van der Waals surface area contributed by atoms with Gasteiger partial charge in [0.05, 0.1) is 17.3 Å². The fraction of sp³-hybridized carbons (Fsp3) is 0.462. The van der Waals surface area contributed by atoms with Crippen LogP contribution in [0.15, 0.2) is 52.5 Å². The van der Waals surface area contributed by atoms with Crippen molar-refractivity contribution in [2.24, 2.45) is 16.9 Å². The van der Waals surface area contributed by atoms with Crippen LogP contribution in [0.1, 0.15) is 44.1 Å². The topological polar surface area (TPSA) is 126 Å². The van der Waals surface area contributed by atoms with Crippen molar-refractivity contribution in [1.82, 2.24) is 4.90 Å². The second-order valence-electron chi connectivity index (χ2n) is 9.27. The van der Waals surface area contributed by atoms with Crippen LogP contribution in [0.4, 0.5) is 5.69 Å². The van der Waals surface area contributed by atoms with Gasteiger partial charge in [-0.3, -0.25) is 9.10 Å². The van der Waals surface area contributed by atoms with Crippen molar-refractivity contribution in [1.29, 1.82) is 0 Å². The van der Waals surface area contributed by atoms with Gasteiger partial charge in [0.15, 0.2) is 0 Å². The number of aryl methyl sites for hydroxylation is 1. The highest BCUT2D eigenvalue weighted by Gasteiger charge is 2.27. The maximum Gasteiger partial charge on any atom is 0.303 e. The van der Waals surface area contributed by atoms with Gasteiger partial charge in [-0.2, -0.15) is 5.10 Å². The minimum Gasteiger partial charge on any atom is -0.493 e. The van der Waals surface area contributed by atoms with E-state index in [1.54, 1.807) is 30.6 Å². The molecule has 1 aliphatic heterocycles. The number of hydrazone groups is 1. The van der Waals surface area contributed by atoms with E-state index in [1.165, 1.54) is 10.4 Å². The highest BCUT2D eigenvalue weighted by molar-refractivity contribution is 7.93. The van der Waals surface area contributed by atoms with E-state index in [0.29, 0.717) is 43.2 Å². The Hall–Kier alpha value is -2.69. The van der Waals surface area contributed by atoms with Gasteiger partial charge in [-0.15, -0.1) is 12.4 Å². The smallest absolute Gasteiger partial charge is 0.303 e. The van der Waals surface area contributed by atoms with Crippen molar-refractivity contribution in [3.63, 3.8) is 0 Å². The number of carbonyl (C=O) groups is 1. The summed E-state index contributed by atoms with van der Waals surface area (Å²) in [4.78, 5) is 13.0. The summed E-state index contributed by atoms with van der Waals surface area (Å²) in [5.74, 6) is 5.36. The Bertz CT molecular complexity index is 1190. The molecule has 0 aliphatic carbocycles. The van der Waals surface area contributed by atoms with Crippen molar-refractivity contribution in [3.05, 3.63) is 53.1 Å². The molecule has 38 heavy (non-hydrogen) atoms. The second-order valence-corrected chi connectivity index (χ2v) is 11.5. The predicted octanol–water partition coefficient (Wildman–Crippen LogP) is 4.90. The standard InChI is InChI=1S/C26H35ClN4O5S.ClH/c1-20-15-22(17-23(16-20)36-18-21-10-13-30(14-11-21)19-29-28)31(12-6-2-3-9-26(32)33)37(34,35)25-8-5-4-7-24(25)27;/h4-5,7-8,15-17,19,21H,2-3,6,9-14,18,28H2,1H3,(H,32,33);1H. The van der Waals surface area contributed by atoms with Gasteiger partial charge < -0.3 is 20.6 Å². The van der Waals surface area contributed by atoms with Gasteiger partial charge in [-0.05, 0) is 68.4 Å². The molecule has 1 saturated heterocycles. The van der Waals surface area contributed by atoms with Crippen molar-refractivity contribution >= 4 is 52.0 Å². The Morgan fingerprint density at radius 2 is 1.92 bits per heavy atom. The number of nitrogens with zero attached hydrogens (tertiary/aromatic N) is 3. The lowest BCUT2D eigenvalue weighted by atomic mass is 9.98. The molecule has 0 radical (unpaired) electrons. The zero-order chi connectivity index (χ0) is 26.8. The van der Waals surface area contributed by atoms with Gasteiger partial charge in [0.2, 0.25) is 0 Å². The quantitative estimate of drug-likeness (QED) is 0.112. The third-order valence-corrected chi connectivity index (χ3v) is 8.67. The summed E-state index contributed by atoms with van der Waals surface area (Å²) in [5.41, 5.74) is 1.36. The number of hydrogen-bond acceptors (Lipinski definition) is 6. The van der Waals surface area contributed by atoms with Crippen LogP contribution in [0.2, 0.25) is 5.02 Å². The molecule has 1 aliphatic rings. The highest BCUT2D eigenvalue weighted by atomic mass is 35.5. The minimum absolute atomic E-state index is 0. The van der Waals surface area contributed by atoms with Crippen LogP contribution in [-0.4, -0.2) is 57.0 Å². The second kappa shape index (κ2) is 15.0. The van der Waals surface area contributed by atoms with Crippen LogP contribution >= 0.6 is 24.0 Å². The SMILES string of the molecule is Cc1cc(OCC2CCN(C=NN)CC2)cc(N(CCCCCC(=O)O)S(=O)(=O)c2ccccc2Cl)c1.Cl. The predicted molar refractivity (Wildman–Crippen MR) is 153 cm³/mol. The lowest BCUT2D eigenvalue weighted by Gasteiger charge is -2.30. The zero-order valence-electron chi connectivity index (χ0n) is 21.5. The number of anilines is 1. The molecule has 1 heterocycles. The van der Waals surface area contributed by atoms with Crippen molar-refractivity contribution in [3.8, 4) is 5.75 Å². The van der Waals surface area contributed by atoms with Gasteiger partial charge in [0, 0.05) is 32.1 Å². The molecule has 2 aromatic rings. The number of likely N-dealkylation sites (tertiary alicyclic amines) is 1. The van der Waals surface area contributed by atoms with E-state index in [4.69, 9.17) is 27.3 Å². The van der Waals surface area contributed by atoms with Crippen LogP contribution in [0.25, 0.3) is 0 Å². The number of benzene rings is 2. The van der Waals surface area contributed by atoms with Crippen LogP contribution in [0.3, 0.4) is 0 Å². The molecular weight excluding hydrogens is 551 g/mol. The van der Waals surface area contributed by atoms with E-state index in [9.17, 15) is 13.2 Å².